The number of H-pyrrole nitrogens is 1. The number of rotatable bonds is 1. The lowest BCUT2D eigenvalue weighted by Crippen LogP contribution is -2.38. The summed E-state index contributed by atoms with van der Waals surface area (Å²) in [7, 11) is 0. The van der Waals surface area contributed by atoms with E-state index in [-0.39, 0.29) is 6.54 Å². The predicted molar refractivity (Wildman–Crippen MR) is 91.2 cm³/mol. The first-order valence-corrected chi connectivity index (χ1v) is 7.64. The van der Waals surface area contributed by atoms with E-state index < -0.39 is 11.1 Å². The number of nitrogens with zero attached hydrogens (tertiary/aromatic N) is 3. The molecule has 1 N–H and O–H groups in total. The molecular formula is C17H11ClN4O2. The van der Waals surface area contributed by atoms with Crippen LogP contribution in [0.25, 0.3) is 5.69 Å². The summed E-state index contributed by atoms with van der Waals surface area (Å²) in [5.41, 5.74) is 1.26. The van der Waals surface area contributed by atoms with E-state index in [1.165, 1.54) is 4.57 Å². The Labute approximate surface area is 141 Å². The van der Waals surface area contributed by atoms with Crippen molar-refractivity contribution < 1.29 is 0 Å². The summed E-state index contributed by atoms with van der Waals surface area (Å²) < 4.78 is 1.31. The topological polar surface area (TPSA) is 80.1 Å². The molecule has 0 bridgehead atoms. The van der Waals surface area contributed by atoms with Gasteiger partial charge in [0.2, 0.25) is 0 Å². The summed E-state index contributed by atoms with van der Waals surface area (Å²) in [5, 5.41) is 6.76. The van der Waals surface area contributed by atoms with Crippen LogP contribution >= 0.6 is 11.6 Å². The van der Waals surface area contributed by atoms with Gasteiger partial charge in [-0.15, -0.1) is 0 Å². The van der Waals surface area contributed by atoms with Crippen LogP contribution in [-0.2, 0) is 6.54 Å². The maximum atomic E-state index is 12.3. The van der Waals surface area contributed by atoms with Crippen LogP contribution in [0.4, 0.5) is 0 Å². The fourth-order valence-corrected chi connectivity index (χ4v) is 3.00. The number of benzene rings is 2. The van der Waals surface area contributed by atoms with Crippen LogP contribution in [0.3, 0.4) is 0 Å². The van der Waals surface area contributed by atoms with Crippen molar-refractivity contribution in [3.05, 3.63) is 91.2 Å². The zero-order chi connectivity index (χ0) is 16.7. The summed E-state index contributed by atoms with van der Waals surface area (Å²) in [5.74, 6) is 0.370. The van der Waals surface area contributed by atoms with Gasteiger partial charge in [-0.05, 0) is 12.1 Å². The number of hydrogen-bond donors (Lipinski definition) is 1. The molecule has 2 aromatic carbocycles. The predicted octanol–water partition coefficient (Wildman–Crippen LogP) is 1.93. The number of aromatic amines is 1. The van der Waals surface area contributed by atoms with E-state index in [1.807, 2.05) is 30.3 Å². The molecule has 1 aliphatic heterocycles. The van der Waals surface area contributed by atoms with Crippen molar-refractivity contribution >= 4 is 17.3 Å². The van der Waals surface area contributed by atoms with Gasteiger partial charge < -0.3 is 0 Å². The first kappa shape index (κ1) is 14.6. The molecule has 6 nitrogen and oxygen atoms in total. The lowest BCUT2D eigenvalue weighted by atomic mass is 10.0. The third-order valence-corrected chi connectivity index (χ3v) is 4.18. The van der Waals surface area contributed by atoms with E-state index in [0.717, 1.165) is 11.1 Å². The molecule has 2 heterocycles. The monoisotopic (exact) mass is 338 g/mol. The molecule has 0 amide bonds. The van der Waals surface area contributed by atoms with E-state index in [1.54, 1.807) is 18.2 Å². The third kappa shape index (κ3) is 2.19. The van der Waals surface area contributed by atoms with Gasteiger partial charge in [-0.3, -0.25) is 19.1 Å². The average molecular weight is 339 g/mol. The quantitative estimate of drug-likeness (QED) is 0.688. The van der Waals surface area contributed by atoms with Crippen LogP contribution in [0.15, 0.2) is 63.1 Å². The number of aliphatic imine (C=N–C) groups is 1. The minimum absolute atomic E-state index is 0.154. The summed E-state index contributed by atoms with van der Waals surface area (Å²) in [6.45, 7) is 0.154. The van der Waals surface area contributed by atoms with Gasteiger partial charge in [0.25, 0.3) is 0 Å². The molecule has 0 fully saturated rings. The second-order valence-corrected chi connectivity index (χ2v) is 5.68. The summed E-state index contributed by atoms with van der Waals surface area (Å²) in [4.78, 5) is 28.6. The Bertz CT molecular complexity index is 1100. The normalized spacial score (nSPS) is 12.8. The number of fused-ring (bicyclic) bond motifs is 3. The first-order valence-electron chi connectivity index (χ1n) is 7.26. The molecule has 1 aliphatic rings. The van der Waals surface area contributed by atoms with Crippen molar-refractivity contribution in [2.45, 2.75) is 6.54 Å². The van der Waals surface area contributed by atoms with E-state index in [4.69, 9.17) is 11.6 Å². The second-order valence-electron chi connectivity index (χ2n) is 5.27. The van der Waals surface area contributed by atoms with Crippen LogP contribution in [-0.4, -0.2) is 20.5 Å². The van der Waals surface area contributed by atoms with Gasteiger partial charge in [0, 0.05) is 16.1 Å². The van der Waals surface area contributed by atoms with Gasteiger partial charge in [-0.2, -0.15) is 5.10 Å². The molecule has 0 atom stereocenters. The van der Waals surface area contributed by atoms with Crippen LogP contribution in [0.5, 0.6) is 0 Å². The lowest BCUT2D eigenvalue weighted by Gasteiger charge is -2.12. The molecule has 1 aromatic heterocycles. The van der Waals surface area contributed by atoms with Gasteiger partial charge in [0.15, 0.2) is 5.82 Å². The highest BCUT2D eigenvalue weighted by Crippen LogP contribution is 2.26. The van der Waals surface area contributed by atoms with Crippen molar-refractivity contribution in [3.8, 4) is 5.69 Å². The Balaban J connectivity index is 2.07. The summed E-state index contributed by atoms with van der Waals surface area (Å²) in [6.07, 6.45) is 0. The van der Waals surface area contributed by atoms with Gasteiger partial charge in [-0.25, -0.2) is 5.10 Å². The fraction of sp³-hybridized carbons (Fsp3) is 0.0588. The number of para-hydroxylation sites is 1. The molecule has 0 unspecified atom stereocenters. The van der Waals surface area contributed by atoms with Crippen LogP contribution < -0.4 is 11.1 Å². The van der Waals surface area contributed by atoms with E-state index in [0.29, 0.717) is 22.2 Å². The zero-order valence-electron chi connectivity index (χ0n) is 12.4. The highest BCUT2D eigenvalue weighted by molar-refractivity contribution is 6.35. The molecule has 0 aliphatic carbocycles. The molecular weight excluding hydrogens is 328 g/mol. The Morgan fingerprint density at radius 3 is 2.50 bits per heavy atom. The standard InChI is InChI=1S/C17H11ClN4O2/c18-12-7-3-1-5-10(12)15-11-6-2-4-8-13(11)22-14(9-19-15)20-21-16(23)17(22)24/h1-8H,9H2,(H,21,23). The van der Waals surface area contributed by atoms with Crippen molar-refractivity contribution in [2.24, 2.45) is 4.99 Å². The van der Waals surface area contributed by atoms with Crippen LogP contribution in [0.2, 0.25) is 5.02 Å². The third-order valence-electron chi connectivity index (χ3n) is 3.85. The molecule has 118 valence electrons. The number of aromatic nitrogens is 3. The molecule has 7 heteroatoms. The molecule has 0 saturated heterocycles. The molecule has 3 aromatic rings. The Morgan fingerprint density at radius 1 is 1.00 bits per heavy atom. The number of nitrogens with one attached hydrogen (secondary N) is 1. The average Bonchev–Trinajstić information content (AvgIpc) is 2.76. The van der Waals surface area contributed by atoms with Crippen LogP contribution in [0, 0.1) is 0 Å². The van der Waals surface area contributed by atoms with Crippen molar-refractivity contribution in [1.82, 2.24) is 14.8 Å². The number of hydrogen-bond acceptors (Lipinski definition) is 4. The lowest BCUT2D eigenvalue weighted by molar-refractivity contribution is 0.731. The van der Waals surface area contributed by atoms with E-state index >= 15 is 0 Å². The largest absolute Gasteiger partial charge is 0.330 e. The van der Waals surface area contributed by atoms with Crippen molar-refractivity contribution in [2.75, 3.05) is 0 Å². The van der Waals surface area contributed by atoms with Crippen LogP contribution in [0.1, 0.15) is 17.0 Å². The Hall–Kier alpha value is -2.99. The molecule has 0 radical (unpaired) electrons. The second kappa shape index (κ2) is 5.58. The number of halogens is 1. The van der Waals surface area contributed by atoms with E-state index in [2.05, 4.69) is 15.2 Å². The Kier molecular flexibility index (Phi) is 3.39. The molecule has 0 spiro atoms. The highest BCUT2D eigenvalue weighted by atomic mass is 35.5. The zero-order valence-corrected chi connectivity index (χ0v) is 13.1. The smallest absolute Gasteiger partial charge is 0.276 e. The van der Waals surface area contributed by atoms with Crippen molar-refractivity contribution in [3.63, 3.8) is 0 Å². The highest BCUT2D eigenvalue weighted by Gasteiger charge is 2.22. The maximum Gasteiger partial charge on any atom is 0.330 e. The summed E-state index contributed by atoms with van der Waals surface area (Å²) in [6, 6.07) is 14.6. The SMILES string of the molecule is O=c1[nH]nc2n(c1=O)-c1ccccc1C(c1ccccc1Cl)=NC2. The van der Waals surface area contributed by atoms with E-state index in [9.17, 15) is 9.59 Å². The summed E-state index contributed by atoms with van der Waals surface area (Å²) >= 11 is 6.32. The fourth-order valence-electron chi connectivity index (χ4n) is 2.77. The minimum atomic E-state index is -0.769. The van der Waals surface area contributed by atoms with Gasteiger partial charge in [0.1, 0.15) is 6.54 Å². The maximum absolute atomic E-state index is 12.3. The van der Waals surface area contributed by atoms with Gasteiger partial charge in [0.05, 0.1) is 11.4 Å². The van der Waals surface area contributed by atoms with Crippen molar-refractivity contribution in [1.29, 1.82) is 0 Å². The minimum Gasteiger partial charge on any atom is -0.276 e. The molecule has 24 heavy (non-hydrogen) atoms. The Morgan fingerprint density at radius 2 is 1.71 bits per heavy atom. The van der Waals surface area contributed by atoms with Gasteiger partial charge in [-0.1, -0.05) is 48.0 Å². The molecule has 0 saturated carbocycles. The molecule has 4 rings (SSSR count). The first-order chi connectivity index (χ1) is 11.7. The van der Waals surface area contributed by atoms with Gasteiger partial charge >= 0.3 is 11.1 Å².